The highest BCUT2D eigenvalue weighted by Gasteiger charge is 2.18. The third-order valence-corrected chi connectivity index (χ3v) is 4.80. The molecule has 1 saturated carbocycles. The second-order valence-electron chi connectivity index (χ2n) is 6.64. The maximum absolute atomic E-state index is 9.29. The predicted octanol–water partition coefficient (Wildman–Crippen LogP) is 4.35. The largest absolute Gasteiger partial charge is 0.490 e. The molecule has 2 N–H and O–H groups in total. The Morgan fingerprint density at radius 2 is 1.92 bits per heavy atom. The Balaban J connectivity index is 1.63. The van der Waals surface area contributed by atoms with E-state index in [1.165, 1.54) is 36.8 Å². The van der Waals surface area contributed by atoms with Crippen LogP contribution >= 0.6 is 0 Å². The van der Waals surface area contributed by atoms with Crippen molar-refractivity contribution in [2.75, 3.05) is 0 Å². The summed E-state index contributed by atoms with van der Waals surface area (Å²) in [7, 11) is 0. The first-order valence-corrected chi connectivity index (χ1v) is 8.94. The van der Waals surface area contributed by atoms with Gasteiger partial charge in [-0.3, -0.25) is 0 Å². The molecule has 128 valence electrons. The van der Waals surface area contributed by atoms with Crippen molar-refractivity contribution in [1.29, 1.82) is 0 Å². The van der Waals surface area contributed by atoms with Crippen LogP contribution in [0, 0.1) is 0 Å². The van der Waals surface area contributed by atoms with Crippen molar-refractivity contribution < 1.29 is 9.84 Å². The monoisotopic (exact) mass is 325 g/mol. The van der Waals surface area contributed by atoms with Gasteiger partial charge in [-0.2, -0.15) is 0 Å². The van der Waals surface area contributed by atoms with E-state index in [1.54, 1.807) is 0 Å². The molecule has 0 aliphatic heterocycles. The quantitative estimate of drug-likeness (QED) is 0.795. The molecule has 2 aromatic rings. The molecule has 1 fully saturated rings. The molecule has 0 aromatic heterocycles. The number of aliphatic hydroxyl groups excluding tert-OH is 1. The van der Waals surface area contributed by atoms with Gasteiger partial charge in [0.05, 0.1) is 12.7 Å². The highest BCUT2D eigenvalue weighted by Crippen LogP contribution is 2.27. The van der Waals surface area contributed by atoms with Crippen molar-refractivity contribution in [2.24, 2.45) is 0 Å². The zero-order chi connectivity index (χ0) is 16.8. The van der Waals surface area contributed by atoms with E-state index in [0.717, 1.165) is 17.9 Å². The summed E-state index contributed by atoms with van der Waals surface area (Å²) in [5.74, 6) is 1.01. The fraction of sp³-hybridized carbons (Fsp3) is 0.429. The Morgan fingerprint density at radius 1 is 1.12 bits per heavy atom. The lowest BCUT2D eigenvalue weighted by atomic mass is 10.0. The van der Waals surface area contributed by atoms with Crippen LogP contribution in [0.15, 0.2) is 48.5 Å². The molecule has 1 atom stereocenters. The lowest BCUT2D eigenvalue weighted by Gasteiger charge is -2.19. The Hall–Kier alpha value is -1.84. The highest BCUT2D eigenvalue weighted by molar-refractivity contribution is 5.34. The maximum atomic E-state index is 9.29. The number of nitrogens with one attached hydrogen (secondary N) is 1. The topological polar surface area (TPSA) is 41.5 Å². The molecule has 0 saturated heterocycles. The van der Waals surface area contributed by atoms with Crippen LogP contribution in [-0.2, 0) is 13.2 Å². The van der Waals surface area contributed by atoms with Crippen molar-refractivity contribution in [1.82, 2.24) is 5.32 Å². The van der Waals surface area contributed by atoms with Gasteiger partial charge in [-0.05, 0) is 49.8 Å². The molecule has 24 heavy (non-hydrogen) atoms. The van der Waals surface area contributed by atoms with Crippen LogP contribution in [0.25, 0.3) is 0 Å². The average molecular weight is 325 g/mol. The van der Waals surface area contributed by atoms with Gasteiger partial charge < -0.3 is 15.2 Å². The highest BCUT2D eigenvalue weighted by atomic mass is 16.5. The van der Waals surface area contributed by atoms with Crippen LogP contribution in [-0.4, -0.2) is 11.2 Å². The third-order valence-electron chi connectivity index (χ3n) is 4.80. The van der Waals surface area contributed by atoms with Crippen LogP contribution < -0.4 is 10.1 Å². The van der Waals surface area contributed by atoms with Gasteiger partial charge in [0.15, 0.2) is 0 Å². The van der Waals surface area contributed by atoms with E-state index in [0.29, 0.717) is 6.10 Å². The number of hydrogen-bond acceptors (Lipinski definition) is 3. The van der Waals surface area contributed by atoms with Crippen molar-refractivity contribution in [2.45, 2.75) is 57.9 Å². The van der Waals surface area contributed by atoms with Gasteiger partial charge in [0.25, 0.3) is 0 Å². The molecule has 2 aromatic carbocycles. The van der Waals surface area contributed by atoms with Gasteiger partial charge in [-0.25, -0.2) is 0 Å². The summed E-state index contributed by atoms with van der Waals surface area (Å²) >= 11 is 0. The van der Waals surface area contributed by atoms with Gasteiger partial charge >= 0.3 is 0 Å². The van der Waals surface area contributed by atoms with Gasteiger partial charge in [0.2, 0.25) is 0 Å². The molecule has 0 radical (unpaired) electrons. The summed E-state index contributed by atoms with van der Waals surface area (Å²) in [5.41, 5.74) is 3.34. The molecular weight excluding hydrogens is 298 g/mol. The molecule has 0 spiro atoms. The van der Waals surface area contributed by atoms with E-state index < -0.39 is 0 Å². The Labute approximate surface area is 144 Å². The minimum Gasteiger partial charge on any atom is -0.490 e. The second-order valence-corrected chi connectivity index (χ2v) is 6.64. The minimum absolute atomic E-state index is 0.0820. The summed E-state index contributed by atoms with van der Waals surface area (Å²) in [5, 5.41) is 12.9. The molecule has 1 aliphatic rings. The van der Waals surface area contributed by atoms with Crippen molar-refractivity contribution >= 4 is 0 Å². The third kappa shape index (κ3) is 4.37. The van der Waals surface area contributed by atoms with E-state index in [1.807, 2.05) is 18.2 Å². The maximum Gasteiger partial charge on any atom is 0.124 e. The molecule has 1 aliphatic carbocycles. The smallest absolute Gasteiger partial charge is 0.124 e. The molecule has 3 heteroatoms. The van der Waals surface area contributed by atoms with Gasteiger partial charge in [-0.15, -0.1) is 0 Å². The van der Waals surface area contributed by atoms with Crippen LogP contribution in [0.4, 0.5) is 0 Å². The fourth-order valence-electron chi connectivity index (χ4n) is 3.29. The first kappa shape index (κ1) is 17.0. The normalized spacial score (nSPS) is 16.2. The van der Waals surface area contributed by atoms with E-state index in [-0.39, 0.29) is 12.6 Å². The van der Waals surface area contributed by atoms with Gasteiger partial charge in [0, 0.05) is 18.2 Å². The zero-order valence-corrected chi connectivity index (χ0v) is 14.4. The second kappa shape index (κ2) is 8.32. The molecular formula is C21H27NO2. The molecule has 3 rings (SSSR count). The lowest BCUT2D eigenvalue weighted by Crippen LogP contribution is -2.20. The number of rotatable bonds is 7. The van der Waals surface area contributed by atoms with Crippen LogP contribution in [0.1, 0.15) is 55.3 Å². The van der Waals surface area contributed by atoms with Crippen LogP contribution in [0.5, 0.6) is 5.75 Å². The van der Waals surface area contributed by atoms with E-state index >= 15 is 0 Å². The Morgan fingerprint density at radius 3 is 2.71 bits per heavy atom. The standard InChI is InChI=1S/C21H27NO2/c1-16(18-9-6-7-17(13-18)15-23)22-14-19-8-2-5-12-21(19)24-20-10-3-4-11-20/h2,5-9,12-13,16,20,22-23H,3-4,10-11,14-15H2,1H3. The summed E-state index contributed by atoms with van der Waals surface area (Å²) in [6.45, 7) is 3.00. The van der Waals surface area contributed by atoms with Gasteiger partial charge in [0.1, 0.15) is 5.75 Å². The van der Waals surface area contributed by atoms with E-state index in [4.69, 9.17) is 4.74 Å². The number of benzene rings is 2. The van der Waals surface area contributed by atoms with Crippen LogP contribution in [0.2, 0.25) is 0 Å². The SMILES string of the molecule is CC(NCc1ccccc1OC1CCCC1)c1cccc(CO)c1. The summed E-state index contributed by atoms with van der Waals surface area (Å²) < 4.78 is 6.21. The van der Waals surface area contributed by atoms with Crippen molar-refractivity contribution in [3.8, 4) is 5.75 Å². The zero-order valence-electron chi connectivity index (χ0n) is 14.4. The Bertz CT molecular complexity index is 650. The van der Waals surface area contributed by atoms with E-state index in [9.17, 15) is 5.11 Å². The number of aliphatic hydroxyl groups is 1. The van der Waals surface area contributed by atoms with Crippen molar-refractivity contribution in [3.63, 3.8) is 0 Å². The average Bonchev–Trinajstić information content (AvgIpc) is 3.14. The number of para-hydroxylation sites is 1. The number of ether oxygens (including phenoxy) is 1. The lowest BCUT2D eigenvalue weighted by molar-refractivity contribution is 0.207. The first-order valence-electron chi connectivity index (χ1n) is 8.94. The summed E-state index contributed by atoms with van der Waals surface area (Å²) in [4.78, 5) is 0. The van der Waals surface area contributed by atoms with Gasteiger partial charge in [-0.1, -0.05) is 42.5 Å². The predicted molar refractivity (Wildman–Crippen MR) is 96.9 cm³/mol. The summed E-state index contributed by atoms with van der Waals surface area (Å²) in [6, 6.07) is 16.6. The Kier molecular flexibility index (Phi) is 5.89. The molecule has 0 heterocycles. The van der Waals surface area contributed by atoms with E-state index in [2.05, 4.69) is 42.6 Å². The van der Waals surface area contributed by atoms with Crippen molar-refractivity contribution in [3.05, 3.63) is 65.2 Å². The van der Waals surface area contributed by atoms with Crippen LogP contribution in [0.3, 0.4) is 0 Å². The molecule has 3 nitrogen and oxygen atoms in total. The first-order chi connectivity index (χ1) is 11.8. The molecule has 0 amide bonds. The summed E-state index contributed by atoms with van der Waals surface area (Å²) in [6.07, 6.45) is 5.29. The minimum atomic E-state index is 0.0820. The fourth-order valence-corrected chi connectivity index (χ4v) is 3.29. The molecule has 1 unspecified atom stereocenters. The molecule has 0 bridgehead atoms. The number of hydrogen-bond donors (Lipinski definition) is 2.